The van der Waals surface area contributed by atoms with Gasteiger partial charge in [0.2, 0.25) is 5.91 Å². The van der Waals surface area contributed by atoms with Crippen LogP contribution in [0, 0.1) is 20.8 Å². The summed E-state index contributed by atoms with van der Waals surface area (Å²) in [6.45, 7) is 8.85. The summed E-state index contributed by atoms with van der Waals surface area (Å²) in [5.74, 6) is 0.291. The van der Waals surface area contributed by atoms with Crippen molar-refractivity contribution in [2.75, 3.05) is 13.1 Å². The number of nitrogens with one attached hydrogen (secondary N) is 1. The monoisotopic (exact) mass is 380 g/mol. The molecule has 1 aromatic heterocycles. The molecule has 4 rings (SSSR count). The van der Waals surface area contributed by atoms with Crippen molar-refractivity contribution >= 4 is 5.91 Å². The molecule has 2 bridgehead atoms. The van der Waals surface area contributed by atoms with Crippen molar-refractivity contribution in [2.24, 2.45) is 0 Å². The highest BCUT2D eigenvalue weighted by atomic mass is 16.2. The van der Waals surface area contributed by atoms with E-state index in [0.717, 1.165) is 38.2 Å². The molecule has 5 nitrogen and oxygen atoms in total. The molecular formula is C23H32N4O. The van der Waals surface area contributed by atoms with Crippen molar-refractivity contribution in [2.45, 2.75) is 71.5 Å². The lowest BCUT2D eigenvalue weighted by Gasteiger charge is -2.24. The van der Waals surface area contributed by atoms with Crippen LogP contribution in [-0.4, -0.2) is 45.8 Å². The van der Waals surface area contributed by atoms with Gasteiger partial charge in [-0.05, 0) is 57.6 Å². The van der Waals surface area contributed by atoms with E-state index in [1.165, 1.54) is 35.2 Å². The Hall–Kier alpha value is -2.14. The number of carbonyl (C=O) groups is 1. The summed E-state index contributed by atoms with van der Waals surface area (Å²) in [6.07, 6.45) is 4.93. The fraction of sp³-hybridized carbons (Fsp3) is 0.565. The van der Waals surface area contributed by atoms with Gasteiger partial charge in [-0.15, -0.1) is 0 Å². The second-order valence-corrected chi connectivity index (χ2v) is 8.56. The molecule has 1 N–H and O–H groups in total. The molecule has 1 aromatic carbocycles. The van der Waals surface area contributed by atoms with Crippen molar-refractivity contribution < 1.29 is 4.79 Å². The van der Waals surface area contributed by atoms with Gasteiger partial charge in [0.1, 0.15) is 0 Å². The lowest BCUT2D eigenvalue weighted by molar-refractivity contribution is -0.131. The third-order valence-corrected chi connectivity index (χ3v) is 6.45. The molecule has 2 aromatic rings. The van der Waals surface area contributed by atoms with E-state index in [2.05, 4.69) is 59.9 Å². The average molecular weight is 381 g/mol. The highest BCUT2D eigenvalue weighted by molar-refractivity contribution is 5.76. The largest absolute Gasteiger partial charge is 0.341 e. The molecule has 0 aliphatic carbocycles. The van der Waals surface area contributed by atoms with Crippen LogP contribution in [0.4, 0.5) is 0 Å². The molecule has 1 amide bonds. The molecule has 2 atom stereocenters. The van der Waals surface area contributed by atoms with Crippen LogP contribution in [0.25, 0.3) is 0 Å². The topological polar surface area (TPSA) is 50.2 Å². The molecule has 0 saturated carbocycles. The van der Waals surface area contributed by atoms with Crippen LogP contribution in [0.3, 0.4) is 0 Å². The number of amides is 1. The number of carbonyl (C=O) groups excluding carboxylic acids is 1. The van der Waals surface area contributed by atoms with Crippen LogP contribution in [0.15, 0.2) is 24.3 Å². The summed E-state index contributed by atoms with van der Waals surface area (Å²) < 4.78 is 2.08. The Kier molecular flexibility index (Phi) is 5.54. The van der Waals surface area contributed by atoms with E-state index in [1.54, 1.807) is 0 Å². The van der Waals surface area contributed by atoms with Crippen molar-refractivity contribution in [3.63, 3.8) is 0 Å². The molecule has 150 valence electrons. The predicted octanol–water partition coefficient (Wildman–Crippen LogP) is 3.14. The number of aromatic nitrogens is 2. The SMILES string of the molecule is Cc1ccc(Cn2nc(C)c(CCC(=O)N3CCC4CCC(C3)N4)c2C)cc1. The third kappa shape index (κ3) is 4.14. The first kappa shape index (κ1) is 19.2. The van der Waals surface area contributed by atoms with Crippen molar-refractivity contribution in [3.05, 3.63) is 52.3 Å². The van der Waals surface area contributed by atoms with Gasteiger partial charge in [-0.25, -0.2) is 0 Å². The van der Waals surface area contributed by atoms with Gasteiger partial charge in [-0.1, -0.05) is 29.8 Å². The molecule has 0 spiro atoms. The van der Waals surface area contributed by atoms with E-state index < -0.39 is 0 Å². The molecule has 5 heteroatoms. The van der Waals surface area contributed by atoms with Gasteiger partial charge in [0.15, 0.2) is 0 Å². The molecule has 2 aliphatic heterocycles. The minimum Gasteiger partial charge on any atom is -0.341 e. The number of fused-ring (bicyclic) bond motifs is 2. The van der Waals surface area contributed by atoms with Crippen molar-refractivity contribution in [1.29, 1.82) is 0 Å². The quantitative estimate of drug-likeness (QED) is 0.867. The van der Waals surface area contributed by atoms with E-state index in [9.17, 15) is 4.79 Å². The third-order valence-electron chi connectivity index (χ3n) is 6.45. The zero-order valence-corrected chi connectivity index (χ0v) is 17.4. The Bertz CT molecular complexity index is 839. The zero-order chi connectivity index (χ0) is 19.7. The Morgan fingerprint density at radius 2 is 1.86 bits per heavy atom. The first-order chi connectivity index (χ1) is 13.5. The standard InChI is InChI=1S/C23H32N4O/c1-16-4-6-19(7-5-16)14-27-18(3)22(17(2)25-27)10-11-23(28)26-13-12-20-8-9-21(15-26)24-20/h4-7,20-21,24H,8-15H2,1-3H3. The summed E-state index contributed by atoms with van der Waals surface area (Å²) in [4.78, 5) is 14.9. The lowest BCUT2D eigenvalue weighted by Crippen LogP contribution is -2.39. The summed E-state index contributed by atoms with van der Waals surface area (Å²) in [6, 6.07) is 9.73. The van der Waals surface area contributed by atoms with Crippen LogP contribution < -0.4 is 5.32 Å². The molecular weight excluding hydrogens is 348 g/mol. The van der Waals surface area contributed by atoms with E-state index in [4.69, 9.17) is 5.10 Å². The highest BCUT2D eigenvalue weighted by Gasteiger charge is 2.31. The molecule has 3 heterocycles. The van der Waals surface area contributed by atoms with Crippen molar-refractivity contribution in [3.8, 4) is 0 Å². The summed E-state index contributed by atoms with van der Waals surface area (Å²) >= 11 is 0. The Labute approximate surface area is 168 Å². The number of benzene rings is 1. The fourth-order valence-corrected chi connectivity index (χ4v) is 4.68. The number of aryl methyl sites for hydroxylation is 2. The summed E-state index contributed by atoms with van der Waals surface area (Å²) in [5, 5.41) is 8.40. The van der Waals surface area contributed by atoms with Crippen LogP contribution in [0.5, 0.6) is 0 Å². The number of hydrogen-bond donors (Lipinski definition) is 1. The Morgan fingerprint density at radius 3 is 2.64 bits per heavy atom. The van der Waals surface area contributed by atoms with Gasteiger partial charge in [-0.3, -0.25) is 9.48 Å². The normalized spacial score (nSPS) is 21.8. The minimum absolute atomic E-state index is 0.291. The molecule has 2 saturated heterocycles. The molecule has 28 heavy (non-hydrogen) atoms. The lowest BCUT2D eigenvalue weighted by atomic mass is 10.1. The van der Waals surface area contributed by atoms with Crippen molar-refractivity contribution in [1.82, 2.24) is 20.0 Å². The molecule has 2 fully saturated rings. The van der Waals surface area contributed by atoms with E-state index >= 15 is 0 Å². The van der Waals surface area contributed by atoms with Crippen LogP contribution in [0.2, 0.25) is 0 Å². The second kappa shape index (κ2) is 8.08. The first-order valence-corrected chi connectivity index (χ1v) is 10.6. The van der Waals surface area contributed by atoms with Crippen LogP contribution in [-0.2, 0) is 17.8 Å². The molecule has 2 unspecified atom stereocenters. The van der Waals surface area contributed by atoms with Gasteiger partial charge in [0, 0.05) is 37.3 Å². The average Bonchev–Trinajstić information content (AvgIpc) is 3.13. The number of rotatable bonds is 5. The maximum absolute atomic E-state index is 12.8. The first-order valence-electron chi connectivity index (χ1n) is 10.6. The van der Waals surface area contributed by atoms with Crippen LogP contribution in [0.1, 0.15) is 53.8 Å². The van der Waals surface area contributed by atoms with E-state index in [1.807, 2.05) is 0 Å². The number of nitrogens with zero attached hydrogens (tertiary/aromatic N) is 3. The van der Waals surface area contributed by atoms with Gasteiger partial charge >= 0.3 is 0 Å². The number of likely N-dealkylation sites (tertiary alicyclic amines) is 1. The maximum atomic E-state index is 12.8. The Morgan fingerprint density at radius 1 is 1.11 bits per heavy atom. The second-order valence-electron chi connectivity index (χ2n) is 8.56. The van der Waals surface area contributed by atoms with Gasteiger partial charge < -0.3 is 10.2 Å². The molecule has 2 aliphatic rings. The predicted molar refractivity (Wildman–Crippen MR) is 111 cm³/mol. The smallest absolute Gasteiger partial charge is 0.222 e. The number of hydrogen-bond acceptors (Lipinski definition) is 3. The fourth-order valence-electron chi connectivity index (χ4n) is 4.68. The summed E-state index contributed by atoms with van der Waals surface area (Å²) in [5.41, 5.74) is 5.99. The van der Waals surface area contributed by atoms with Gasteiger partial charge in [-0.2, -0.15) is 5.10 Å². The van der Waals surface area contributed by atoms with E-state index in [-0.39, 0.29) is 0 Å². The summed E-state index contributed by atoms with van der Waals surface area (Å²) in [7, 11) is 0. The highest BCUT2D eigenvalue weighted by Crippen LogP contribution is 2.22. The maximum Gasteiger partial charge on any atom is 0.222 e. The van der Waals surface area contributed by atoms with Gasteiger partial charge in [0.05, 0.1) is 12.2 Å². The molecule has 0 radical (unpaired) electrons. The van der Waals surface area contributed by atoms with Crippen LogP contribution >= 0.6 is 0 Å². The minimum atomic E-state index is 0.291. The van der Waals surface area contributed by atoms with E-state index in [0.29, 0.717) is 24.4 Å². The Balaban J connectivity index is 1.38. The zero-order valence-electron chi connectivity index (χ0n) is 17.4. The van der Waals surface area contributed by atoms with Gasteiger partial charge in [0.25, 0.3) is 0 Å².